The summed E-state index contributed by atoms with van der Waals surface area (Å²) < 4.78 is 89.4. The van der Waals surface area contributed by atoms with Crippen LogP contribution in [0, 0.1) is 0 Å². The van der Waals surface area contributed by atoms with E-state index in [4.69, 9.17) is 14.5 Å². The van der Waals surface area contributed by atoms with Crippen molar-refractivity contribution in [1.29, 1.82) is 0 Å². The number of carbonyl (C=O) groups is 1. The molecule has 13 heteroatoms. The number of anilines is 3. The Labute approximate surface area is 236 Å². The van der Waals surface area contributed by atoms with Gasteiger partial charge in [-0.25, -0.2) is 4.79 Å². The Morgan fingerprint density at radius 1 is 0.833 bits per heavy atom. The highest BCUT2D eigenvalue weighted by molar-refractivity contribution is 5.99. The molecule has 0 saturated carbocycles. The highest BCUT2D eigenvalue weighted by Crippen LogP contribution is 2.38. The van der Waals surface area contributed by atoms with Crippen LogP contribution in [0.1, 0.15) is 22.4 Å². The zero-order chi connectivity index (χ0) is 30.2. The summed E-state index contributed by atoms with van der Waals surface area (Å²) in [7, 11) is 3.13. The van der Waals surface area contributed by atoms with Gasteiger partial charge in [0.25, 0.3) is 0 Å². The maximum atomic E-state index is 13.1. The molecule has 2 heterocycles. The van der Waals surface area contributed by atoms with E-state index in [-0.39, 0.29) is 6.07 Å². The number of fused-ring (bicyclic) bond motifs is 2. The molecule has 2 amide bonds. The first-order valence-corrected chi connectivity index (χ1v) is 12.6. The van der Waals surface area contributed by atoms with Gasteiger partial charge < -0.3 is 25.0 Å². The molecule has 0 unspecified atom stereocenters. The van der Waals surface area contributed by atoms with Gasteiger partial charge in [0.1, 0.15) is 0 Å². The van der Waals surface area contributed by atoms with Crippen LogP contribution in [-0.2, 0) is 25.3 Å². The summed E-state index contributed by atoms with van der Waals surface area (Å²) in [4.78, 5) is 19.3. The maximum Gasteiger partial charge on any atom is 0.416 e. The van der Waals surface area contributed by atoms with Gasteiger partial charge in [0.05, 0.1) is 42.2 Å². The van der Waals surface area contributed by atoms with Crippen LogP contribution >= 0.6 is 0 Å². The number of carbonyl (C=O) groups excluding carboxylic acids is 1. The van der Waals surface area contributed by atoms with Crippen LogP contribution < -0.4 is 25.0 Å². The predicted molar refractivity (Wildman–Crippen MR) is 145 cm³/mol. The number of benzene rings is 3. The number of alkyl halides is 6. The first kappa shape index (κ1) is 28.8. The SMILES string of the molecule is COc1cc2cc3c(nc2cc1OC)CCN3Cc1ccc(NC(=O)Nc2cc(C(F)(F)F)cc(C(F)(F)F)c2)cc1. The molecule has 5 rings (SSSR count). The average molecular weight is 591 g/mol. The number of halogens is 6. The second kappa shape index (κ2) is 11.0. The zero-order valence-corrected chi connectivity index (χ0v) is 22.3. The van der Waals surface area contributed by atoms with E-state index in [0.29, 0.717) is 35.9 Å². The number of hydrogen-bond acceptors (Lipinski definition) is 5. The van der Waals surface area contributed by atoms with Crippen LogP contribution in [0.2, 0.25) is 0 Å². The van der Waals surface area contributed by atoms with Crippen LogP contribution in [-0.4, -0.2) is 31.8 Å². The molecule has 7 nitrogen and oxygen atoms in total. The van der Waals surface area contributed by atoms with E-state index >= 15 is 0 Å². The van der Waals surface area contributed by atoms with Crippen molar-refractivity contribution in [2.24, 2.45) is 0 Å². The number of methoxy groups -OCH3 is 2. The second-order valence-corrected chi connectivity index (χ2v) is 9.60. The molecule has 0 aliphatic carbocycles. The van der Waals surface area contributed by atoms with Crippen molar-refractivity contribution in [3.05, 3.63) is 83.0 Å². The minimum atomic E-state index is -5.02. The predicted octanol–water partition coefficient (Wildman–Crippen LogP) is 7.50. The summed E-state index contributed by atoms with van der Waals surface area (Å²) in [6.45, 7) is 1.29. The van der Waals surface area contributed by atoms with Crippen LogP contribution in [0.25, 0.3) is 10.9 Å². The largest absolute Gasteiger partial charge is 0.493 e. The van der Waals surface area contributed by atoms with Crippen molar-refractivity contribution in [2.75, 3.05) is 36.3 Å². The third kappa shape index (κ3) is 6.14. The fraction of sp³-hybridized carbons (Fsp3) is 0.241. The summed E-state index contributed by atoms with van der Waals surface area (Å²) in [6.07, 6.45) is -9.29. The molecule has 4 aromatic rings. The molecule has 0 atom stereocenters. The van der Waals surface area contributed by atoms with Crippen LogP contribution in [0.15, 0.2) is 60.7 Å². The summed E-state index contributed by atoms with van der Waals surface area (Å²) in [5, 5.41) is 5.37. The van der Waals surface area contributed by atoms with Gasteiger partial charge in [-0.05, 0) is 48.0 Å². The summed E-state index contributed by atoms with van der Waals surface area (Å²) in [5.41, 5.74) is 0.246. The van der Waals surface area contributed by atoms with E-state index < -0.39 is 35.2 Å². The molecule has 0 fully saturated rings. The lowest BCUT2D eigenvalue weighted by Gasteiger charge is -2.20. The van der Waals surface area contributed by atoms with Crippen molar-refractivity contribution in [2.45, 2.75) is 25.3 Å². The number of hydrogen-bond donors (Lipinski definition) is 2. The van der Waals surface area contributed by atoms with Crippen molar-refractivity contribution in [3.63, 3.8) is 0 Å². The Balaban J connectivity index is 1.27. The topological polar surface area (TPSA) is 75.7 Å². The number of rotatable bonds is 6. The molecule has 220 valence electrons. The third-order valence-electron chi connectivity index (χ3n) is 6.77. The maximum absolute atomic E-state index is 13.1. The molecular weight excluding hydrogens is 566 g/mol. The van der Waals surface area contributed by atoms with Gasteiger partial charge in [-0.2, -0.15) is 26.3 Å². The number of ether oxygens (including phenoxy) is 2. The molecule has 0 bridgehead atoms. The quantitative estimate of drug-likeness (QED) is 0.228. The molecule has 0 radical (unpaired) electrons. The highest BCUT2D eigenvalue weighted by Gasteiger charge is 2.37. The van der Waals surface area contributed by atoms with Crippen molar-refractivity contribution in [1.82, 2.24) is 4.98 Å². The van der Waals surface area contributed by atoms with Gasteiger partial charge in [0, 0.05) is 42.3 Å². The summed E-state index contributed by atoms with van der Waals surface area (Å²) >= 11 is 0. The minimum absolute atomic E-state index is 0.00683. The molecule has 0 saturated heterocycles. The molecule has 0 spiro atoms. The van der Waals surface area contributed by atoms with E-state index in [2.05, 4.69) is 10.2 Å². The Bertz CT molecular complexity index is 1610. The Kier molecular flexibility index (Phi) is 7.52. The van der Waals surface area contributed by atoms with E-state index in [0.717, 1.165) is 40.8 Å². The van der Waals surface area contributed by atoms with Crippen molar-refractivity contribution < 1.29 is 40.6 Å². The molecule has 3 aromatic carbocycles. The standard InChI is InChI=1S/C29H24F6N4O3/c1-41-25-10-17-9-24-22(38-23(17)14-26(25)42-2)7-8-39(24)15-16-3-5-20(6-4-16)36-27(40)37-21-12-18(28(30,31)32)11-19(13-21)29(33,34)35/h3-6,9-14H,7-8,15H2,1-2H3,(H2,36,37,40). The number of amides is 2. The second-order valence-electron chi connectivity index (χ2n) is 9.60. The molecule has 1 aromatic heterocycles. The van der Waals surface area contributed by atoms with Crippen molar-refractivity contribution in [3.8, 4) is 11.5 Å². The van der Waals surface area contributed by atoms with Crippen LogP contribution in [0.4, 0.5) is 48.2 Å². The minimum Gasteiger partial charge on any atom is -0.493 e. The fourth-order valence-electron chi connectivity index (χ4n) is 4.75. The molecule has 1 aliphatic heterocycles. The molecular formula is C29H24F6N4O3. The van der Waals surface area contributed by atoms with Crippen molar-refractivity contribution >= 4 is 34.0 Å². The number of nitrogens with zero attached hydrogens (tertiary/aromatic N) is 2. The first-order valence-electron chi connectivity index (χ1n) is 12.6. The van der Waals surface area contributed by atoms with E-state index in [9.17, 15) is 31.1 Å². The fourth-order valence-corrected chi connectivity index (χ4v) is 4.75. The Morgan fingerprint density at radius 3 is 2.02 bits per heavy atom. The first-order chi connectivity index (χ1) is 19.8. The lowest BCUT2D eigenvalue weighted by molar-refractivity contribution is -0.143. The van der Waals surface area contributed by atoms with Gasteiger partial charge in [0.15, 0.2) is 11.5 Å². The number of nitrogens with one attached hydrogen (secondary N) is 2. The van der Waals surface area contributed by atoms with E-state index in [1.165, 1.54) is 0 Å². The lowest BCUT2D eigenvalue weighted by Crippen LogP contribution is -2.21. The third-order valence-corrected chi connectivity index (χ3v) is 6.77. The lowest BCUT2D eigenvalue weighted by atomic mass is 10.1. The molecule has 2 N–H and O–H groups in total. The van der Waals surface area contributed by atoms with Gasteiger partial charge in [-0.3, -0.25) is 4.98 Å². The number of urea groups is 1. The van der Waals surface area contributed by atoms with Gasteiger partial charge in [-0.15, -0.1) is 0 Å². The zero-order valence-electron chi connectivity index (χ0n) is 22.3. The summed E-state index contributed by atoms with van der Waals surface area (Å²) in [5.74, 6) is 1.19. The van der Waals surface area contributed by atoms with Gasteiger partial charge >= 0.3 is 18.4 Å². The van der Waals surface area contributed by atoms with Gasteiger partial charge in [0.2, 0.25) is 0 Å². The molecule has 42 heavy (non-hydrogen) atoms. The molecule has 1 aliphatic rings. The number of aromatic nitrogens is 1. The number of pyridine rings is 1. The van der Waals surface area contributed by atoms with E-state index in [1.54, 1.807) is 38.5 Å². The highest BCUT2D eigenvalue weighted by atomic mass is 19.4. The smallest absolute Gasteiger partial charge is 0.416 e. The van der Waals surface area contributed by atoms with Gasteiger partial charge in [-0.1, -0.05) is 12.1 Å². The van der Waals surface area contributed by atoms with Crippen LogP contribution in [0.3, 0.4) is 0 Å². The Morgan fingerprint density at radius 2 is 1.43 bits per heavy atom. The monoisotopic (exact) mass is 590 g/mol. The summed E-state index contributed by atoms with van der Waals surface area (Å²) in [6, 6.07) is 12.3. The van der Waals surface area contributed by atoms with E-state index in [1.807, 2.05) is 23.5 Å². The normalized spacial score (nSPS) is 13.2. The average Bonchev–Trinajstić information content (AvgIpc) is 3.31. The Hall–Kier alpha value is -4.68. The van der Waals surface area contributed by atoms with Crippen LogP contribution in [0.5, 0.6) is 11.5 Å².